The molecule has 0 aliphatic carbocycles. The highest BCUT2D eigenvalue weighted by Gasteiger charge is 2.37. The summed E-state index contributed by atoms with van der Waals surface area (Å²) >= 11 is 0. The predicted molar refractivity (Wildman–Crippen MR) is 90.7 cm³/mol. The molecular weight excluding hydrogens is 491 g/mol. The van der Waals surface area contributed by atoms with Gasteiger partial charge in [-0.05, 0) is 12.5 Å². The van der Waals surface area contributed by atoms with Crippen molar-refractivity contribution in [1.82, 2.24) is 9.55 Å². The van der Waals surface area contributed by atoms with Crippen molar-refractivity contribution in [2.24, 2.45) is 5.11 Å². The number of phosphoric acid groups is 3. The second kappa shape index (κ2) is 9.46. The van der Waals surface area contributed by atoms with E-state index in [1.807, 2.05) is 4.98 Å². The van der Waals surface area contributed by atoms with Crippen LogP contribution in [0.2, 0.25) is 0 Å². The molecule has 1 aromatic rings. The Balaban J connectivity index is 2.14. The summed E-state index contributed by atoms with van der Waals surface area (Å²) in [6, 6.07) is -1.09. The number of aromatic nitrogens is 2. The van der Waals surface area contributed by atoms with E-state index >= 15 is 0 Å². The van der Waals surface area contributed by atoms with E-state index in [4.69, 9.17) is 15.2 Å². The third kappa shape index (κ3) is 7.47. The smallest absolute Gasteiger partial charge is 0.330 e. The first kappa shape index (κ1) is 25.6. The second-order valence-electron chi connectivity index (χ2n) is 5.94. The second-order valence-corrected chi connectivity index (χ2v) is 10.2. The first-order chi connectivity index (χ1) is 14.1. The maximum atomic E-state index is 12.0. The quantitative estimate of drug-likeness (QED) is 0.164. The Morgan fingerprint density at radius 3 is 2.55 bits per heavy atom. The van der Waals surface area contributed by atoms with Gasteiger partial charge in [-0.1, -0.05) is 5.11 Å². The van der Waals surface area contributed by atoms with Crippen LogP contribution in [0.4, 0.5) is 0 Å². The van der Waals surface area contributed by atoms with Crippen LogP contribution in [0, 0.1) is 6.92 Å². The van der Waals surface area contributed by atoms with Crippen LogP contribution in [0.5, 0.6) is 0 Å². The molecule has 1 aliphatic heterocycles. The lowest BCUT2D eigenvalue weighted by atomic mass is 10.1. The number of hydrogen-bond donors (Lipinski definition) is 2. The van der Waals surface area contributed by atoms with Crippen molar-refractivity contribution in [2.75, 3.05) is 6.61 Å². The van der Waals surface area contributed by atoms with E-state index in [0.29, 0.717) is 0 Å². The molecule has 3 unspecified atom stereocenters. The van der Waals surface area contributed by atoms with Gasteiger partial charge in [-0.25, -0.2) is 13.4 Å². The topological polar surface area (TPSA) is 281 Å². The molecule has 1 saturated heterocycles. The van der Waals surface area contributed by atoms with Gasteiger partial charge in [-0.2, -0.15) is 0 Å². The summed E-state index contributed by atoms with van der Waals surface area (Å²) in [5.74, 6) is 0. The summed E-state index contributed by atoms with van der Waals surface area (Å²) in [7, 11) is -17.7. The minimum Gasteiger partial charge on any atom is -0.756 e. The third-order valence-electron chi connectivity index (χ3n) is 3.66. The van der Waals surface area contributed by atoms with Crippen molar-refractivity contribution >= 4 is 23.5 Å². The Labute approximate surface area is 171 Å². The largest absolute Gasteiger partial charge is 0.756 e. The van der Waals surface area contributed by atoms with Crippen LogP contribution in [-0.2, 0) is 31.6 Å². The van der Waals surface area contributed by atoms with E-state index < -0.39 is 59.7 Å². The van der Waals surface area contributed by atoms with Crippen LogP contribution in [-0.4, -0.2) is 33.2 Å². The van der Waals surface area contributed by atoms with E-state index in [2.05, 4.69) is 23.2 Å². The van der Waals surface area contributed by atoms with Gasteiger partial charge in [0.15, 0.2) is 0 Å². The van der Waals surface area contributed by atoms with Gasteiger partial charge in [-0.3, -0.25) is 28.0 Å². The van der Waals surface area contributed by atoms with Gasteiger partial charge in [0.05, 0.1) is 18.8 Å². The molecule has 2 heterocycles. The van der Waals surface area contributed by atoms with Crippen molar-refractivity contribution < 1.29 is 51.2 Å². The molecule has 0 spiro atoms. The molecule has 2 N–H and O–H groups in total. The Morgan fingerprint density at radius 1 is 1.32 bits per heavy atom. The lowest BCUT2D eigenvalue weighted by Crippen LogP contribution is -2.33. The SMILES string of the molecule is Cc1cn([C@H]2C[C@H](N=[N+]=[N-])[C@@H](COP(=O)([O-])OP(=O)([O-])OP(=O)([O-])O)O2)c(=O)[nH]c1=O. The highest BCUT2D eigenvalue weighted by atomic mass is 31.3. The van der Waals surface area contributed by atoms with E-state index in [0.717, 1.165) is 10.8 Å². The highest BCUT2D eigenvalue weighted by molar-refractivity contribution is 7.65. The zero-order valence-electron chi connectivity index (χ0n) is 15.2. The molecule has 0 amide bonds. The molecule has 0 radical (unpaired) electrons. The lowest BCUT2D eigenvalue weighted by Gasteiger charge is -2.33. The Morgan fingerprint density at radius 2 is 1.97 bits per heavy atom. The average Bonchev–Trinajstić information content (AvgIpc) is 2.96. The van der Waals surface area contributed by atoms with Crippen LogP contribution >= 0.6 is 23.5 Å². The number of aryl methyl sites for hydroxylation is 1. The van der Waals surface area contributed by atoms with Gasteiger partial charge in [-0.15, -0.1) is 0 Å². The number of nitrogens with one attached hydrogen (secondary N) is 1. The molecule has 18 nitrogen and oxygen atoms in total. The summed E-state index contributed by atoms with van der Waals surface area (Å²) in [5, 5.41) is 3.38. The fraction of sp³-hybridized carbons (Fsp3) is 0.600. The lowest BCUT2D eigenvalue weighted by molar-refractivity contribution is -0.250. The van der Waals surface area contributed by atoms with Crippen LogP contribution in [0.3, 0.4) is 0 Å². The Kier molecular flexibility index (Phi) is 7.82. The number of aromatic amines is 1. The fourth-order valence-corrected chi connectivity index (χ4v) is 5.37. The highest BCUT2D eigenvalue weighted by Crippen LogP contribution is 2.61. The summed E-state index contributed by atoms with van der Waals surface area (Å²) < 4.78 is 50.5. The number of ether oxygens (including phenoxy) is 1. The first-order valence-electron chi connectivity index (χ1n) is 7.87. The van der Waals surface area contributed by atoms with Gasteiger partial charge in [0, 0.05) is 23.1 Å². The molecule has 0 aromatic carbocycles. The monoisotopic (exact) mass is 504 g/mol. The van der Waals surface area contributed by atoms with Crippen LogP contribution in [0.1, 0.15) is 18.2 Å². The predicted octanol–water partition coefficient (Wildman–Crippen LogP) is -1.74. The van der Waals surface area contributed by atoms with Crippen LogP contribution in [0.25, 0.3) is 10.4 Å². The average molecular weight is 504 g/mol. The molecule has 1 fully saturated rings. The molecule has 0 bridgehead atoms. The molecule has 0 saturated carbocycles. The molecular formula is C10H13N5O13P3-3. The van der Waals surface area contributed by atoms with Gasteiger partial charge in [0.1, 0.15) is 6.23 Å². The molecule has 174 valence electrons. The number of phosphoric ester groups is 1. The van der Waals surface area contributed by atoms with Crippen molar-refractivity contribution in [3.63, 3.8) is 0 Å². The van der Waals surface area contributed by atoms with Crippen LogP contribution < -0.4 is 25.9 Å². The first-order valence-corrected chi connectivity index (χ1v) is 12.3. The summed E-state index contributed by atoms with van der Waals surface area (Å²) in [5.41, 5.74) is 7.29. The zero-order valence-corrected chi connectivity index (χ0v) is 17.9. The molecule has 1 aliphatic rings. The van der Waals surface area contributed by atoms with Gasteiger partial charge < -0.3 is 28.8 Å². The Hall–Kier alpha value is -1.64. The summed E-state index contributed by atoms with van der Waals surface area (Å²) in [6.45, 7) is 0.420. The number of hydrogen-bond acceptors (Lipinski definition) is 13. The fourth-order valence-electron chi connectivity index (χ4n) is 2.48. The third-order valence-corrected chi connectivity index (χ3v) is 7.35. The molecule has 2 rings (SSSR count). The van der Waals surface area contributed by atoms with Gasteiger partial charge >= 0.3 is 5.69 Å². The van der Waals surface area contributed by atoms with Crippen LogP contribution in [0.15, 0.2) is 20.9 Å². The minimum atomic E-state index is -6.08. The van der Waals surface area contributed by atoms with E-state index in [-0.39, 0.29) is 12.0 Å². The number of azide groups is 1. The number of rotatable bonds is 9. The summed E-state index contributed by atoms with van der Waals surface area (Å²) in [6.07, 6.45) is -1.44. The number of H-pyrrole nitrogens is 1. The number of nitrogens with zero attached hydrogens (tertiary/aromatic N) is 4. The maximum Gasteiger partial charge on any atom is 0.330 e. The maximum absolute atomic E-state index is 12.0. The van der Waals surface area contributed by atoms with Gasteiger partial charge in [0.2, 0.25) is 0 Å². The zero-order chi connectivity index (χ0) is 23.6. The standard InChI is InChI=1S/C10H16N5O13P3/c1-5-3-15(10(17)12-9(5)16)8-2-6(13-14-11)7(26-8)4-25-30(21,22)28-31(23,24)27-29(18,19)20/h3,6-8H,2,4H2,1H3,(H,21,22)(H,23,24)(H,12,16,17)(H2,18,19,20)/p-3/t6-,7+,8+/m0/s1. The Bertz CT molecular complexity index is 1140. The van der Waals surface area contributed by atoms with Gasteiger partial charge in [0.25, 0.3) is 29.0 Å². The van der Waals surface area contributed by atoms with Crippen molar-refractivity contribution in [3.05, 3.63) is 43.0 Å². The van der Waals surface area contributed by atoms with Crippen molar-refractivity contribution in [3.8, 4) is 0 Å². The molecule has 21 heteroatoms. The van der Waals surface area contributed by atoms with Crippen molar-refractivity contribution in [2.45, 2.75) is 31.7 Å². The van der Waals surface area contributed by atoms with E-state index in [1.165, 1.54) is 6.92 Å². The van der Waals surface area contributed by atoms with E-state index in [9.17, 15) is 38.0 Å². The molecule has 31 heavy (non-hydrogen) atoms. The molecule has 1 aromatic heterocycles. The van der Waals surface area contributed by atoms with Crippen molar-refractivity contribution in [1.29, 1.82) is 0 Å². The molecule has 6 atom stereocenters. The van der Waals surface area contributed by atoms with E-state index in [1.54, 1.807) is 0 Å². The normalized spacial score (nSPS) is 26.9. The summed E-state index contributed by atoms with van der Waals surface area (Å²) in [4.78, 5) is 69.6. The minimum absolute atomic E-state index is 0.145.